The van der Waals surface area contributed by atoms with Crippen LogP contribution < -0.4 is 0 Å². The van der Waals surface area contributed by atoms with Crippen molar-refractivity contribution < 1.29 is 5.11 Å². The molecule has 168 valence electrons. The molecule has 4 rings (SSSR count). The molecule has 0 amide bonds. The number of rotatable bonds is 5. The Bertz CT molecular complexity index is 583. The van der Waals surface area contributed by atoms with Crippen LogP contribution in [-0.4, -0.2) is 11.2 Å². The molecule has 4 fully saturated rings. The number of hydrogen-bond donors (Lipinski definition) is 1. The van der Waals surface area contributed by atoms with Gasteiger partial charge in [0.05, 0.1) is 6.10 Å². The monoisotopic (exact) mass is 402 g/mol. The Morgan fingerprint density at radius 2 is 1.52 bits per heavy atom. The zero-order valence-electron chi connectivity index (χ0n) is 20.5. The molecule has 0 aromatic carbocycles. The van der Waals surface area contributed by atoms with Crippen LogP contribution in [0.15, 0.2) is 0 Å². The predicted octanol–water partition coefficient (Wildman–Crippen LogP) is 7.86. The summed E-state index contributed by atoms with van der Waals surface area (Å²) in [6, 6.07) is 0. The fourth-order valence-electron chi connectivity index (χ4n) is 9.65. The third-order valence-electron chi connectivity index (χ3n) is 11.7. The fourth-order valence-corrected chi connectivity index (χ4v) is 9.65. The molecule has 0 bridgehead atoms. The van der Waals surface area contributed by atoms with Crippen molar-refractivity contribution in [3.05, 3.63) is 0 Å². The minimum absolute atomic E-state index is 0.0170. The molecule has 0 unspecified atom stereocenters. The molecule has 9 atom stereocenters. The molecule has 0 saturated heterocycles. The van der Waals surface area contributed by atoms with Gasteiger partial charge < -0.3 is 5.11 Å². The molecule has 0 radical (unpaired) electrons. The van der Waals surface area contributed by atoms with E-state index in [2.05, 4.69) is 41.5 Å². The molecular weight excluding hydrogens is 352 g/mol. The minimum atomic E-state index is -0.0170. The zero-order chi connectivity index (χ0) is 21.0. The molecule has 0 aromatic rings. The van der Waals surface area contributed by atoms with Crippen molar-refractivity contribution in [3.63, 3.8) is 0 Å². The molecule has 1 nitrogen and oxygen atoms in total. The van der Waals surface area contributed by atoms with Crippen molar-refractivity contribution in [1.29, 1.82) is 0 Å². The second kappa shape index (κ2) is 7.83. The van der Waals surface area contributed by atoms with Crippen LogP contribution in [0.1, 0.15) is 119 Å². The first-order chi connectivity index (χ1) is 13.6. The summed E-state index contributed by atoms with van der Waals surface area (Å²) in [7, 11) is 0. The molecule has 4 aliphatic rings. The fraction of sp³-hybridized carbons (Fsp3) is 1.00. The van der Waals surface area contributed by atoms with Crippen LogP contribution >= 0.6 is 0 Å². The number of fused-ring (bicyclic) bond motifs is 5. The highest BCUT2D eigenvalue weighted by Crippen LogP contribution is 2.73. The number of aliphatic hydroxyl groups excluding tert-OH is 1. The van der Waals surface area contributed by atoms with Crippen molar-refractivity contribution in [2.75, 3.05) is 0 Å². The highest BCUT2D eigenvalue weighted by atomic mass is 16.3. The van der Waals surface area contributed by atoms with Gasteiger partial charge in [0.25, 0.3) is 0 Å². The van der Waals surface area contributed by atoms with Crippen LogP contribution in [0.4, 0.5) is 0 Å². The van der Waals surface area contributed by atoms with Gasteiger partial charge in [-0.1, -0.05) is 60.8 Å². The van der Waals surface area contributed by atoms with Gasteiger partial charge in [-0.2, -0.15) is 0 Å². The van der Waals surface area contributed by atoms with Crippen LogP contribution in [0.25, 0.3) is 0 Å². The molecule has 0 aliphatic heterocycles. The van der Waals surface area contributed by atoms with Gasteiger partial charge in [0.2, 0.25) is 0 Å². The van der Waals surface area contributed by atoms with E-state index in [1.807, 2.05) is 0 Å². The van der Waals surface area contributed by atoms with Gasteiger partial charge in [-0.3, -0.25) is 0 Å². The Labute approximate surface area is 181 Å². The van der Waals surface area contributed by atoms with E-state index in [1.54, 1.807) is 0 Å². The third kappa shape index (κ3) is 3.44. The lowest BCUT2D eigenvalue weighted by molar-refractivity contribution is -0.165. The van der Waals surface area contributed by atoms with Gasteiger partial charge in [0.1, 0.15) is 0 Å². The van der Waals surface area contributed by atoms with E-state index in [0.29, 0.717) is 16.2 Å². The van der Waals surface area contributed by atoms with Gasteiger partial charge in [0.15, 0.2) is 0 Å². The van der Waals surface area contributed by atoms with Gasteiger partial charge in [-0.05, 0) is 110 Å². The Morgan fingerprint density at radius 3 is 2.24 bits per heavy atom. The van der Waals surface area contributed by atoms with Gasteiger partial charge in [-0.15, -0.1) is 0 Å². The summed E-state index contributed by atoms with van der Waals surface area (Å²) >= 11 is 0. The molecule has 29 heavy (non-hydrogen) atoms. The molecule has 0 aromatic heterocycles. The standard InChI is InChI=1S/C28H50O/c1-19(2)8-7-9-20(3)23-13-16-28(6)25-11-10-21-18-22(29)12-15-26(21,4)24(25)14-17-27(23,28)5/h19-25,29H,7-18H2,1-6H3/t20-,21+,22+,23-,24+,25-,26+,27-,28+/m1/s1. The number of aliphatic hydroxyl groups is 1. The highest BCUT2D eigenvalue weighted by molar-refractivity contribution is 5.14. The van der Waals surface area contributed by atoms with E-state index in [-0.39, 0.29) is 6.10 Å². The SMILES string of the molecule is CC(C)CCC[C@@H](C)[C@H]1CC[C@@]2(C)[C@@H]3CC[C@H]4C[C@@H](O)CC[C@]4(C)[C@H]3CC[C@]12C. The summed E-state index contributed by atoms with van der Waals surface area (Å²) in [5.74, 6) is 5.33. The third-order valence-corrected chi connectivity index (χ3v) is 11.7. The maximum atomic E-state index is 10.3. The van der Waals surface area contributed by atoms with E-state index in [1.165, 1.54) is 64.2 Å². The molecule has 1 N–H and O–H groups in total. The molecule has 4 aliphatic carbocycles. The lowest BCUT2D eigenvalue weighted by Gasteiger charge is -2.65. The summed E-state index contributed by atoms with van der Waals surface area (Å²) in [6.45, 7) is 15.4. The van der Waals surface area contributed by atoms with E-state index >= 15 is 0 Å². The maximum Gasteiger partial charge on any atom is 0.0543 e. The van der Waals surface area contributed by atoms with Gasteiger partial charge >= 0.3 is 0 Å². The van der Waals surface area contributed by atoms with Crippen molar-refractivity contribution in [3.8, 4) is 0 Å². The first-order valence-corrected chi connectivity index (χ1v) is 13.3. The summed E-state index contributed by atoms with van der Waals surface area (Å²) in [6.07, 6.45) is 16.4. The van der Waals surface area contributed by atoms with Crippen LogP contribution in [0, 0.1) is 51.8 Å². The molecule has 0 spiro atoms. The Balaban J connectivity index is 1.52. The van der Waals surface area contributed by atoms with E-state index in [9.17, 15) is 5.11 Å². The Kier molecular flexibility index (Phi) is 5.98. The summed E-state index contributed by atoms with van der Waals surface area (Å²) in [4.78, 5) is 0. The summed E-state index contributed by atoms with van der Waals surface area (Å²) in [5.41, 5.74) is 1.62. The smallest absolute Gasteiger partial charge is 0.0543 e. The topological polar surface area (TPSA) is 20.2 Å². The Morgan fingerprint density at radius 1 is 0.793 bits per heavy atom. The van der Waals surface area contributed by atoms with Crippen molar-refractivity contribution in [2.24, 2.45) is 51.8 Å². The van der Waals surface area contributed by atoms with Gasteiger partial charge in [0, 0.05) is 0 Å². The maximum absolute atomic E-state index is 10.3. The second-order valence-electron chi connectivity index (χ2n) is 13.2. The predicted molar refractivity (Wildman–Crippen MR) is 124 cm³/mol. The lowest BCUT2D eigenvalue weighted by Crippen LogP contribution is -2.58. The van der Waals surface area contributed by atoms with Crippen molar-refractivity contribution in [2.45, 2.75) is 125 Å². The van der Waals surface area contributed by atoms with Crippen molar-refractivity contribution >= 4 is 0 Å². The second-order valence-corrected chi connectivity index (χ2v) is 13.2. The first kappa shape index (κ1) is 22.2. The van der Waals surface area contributed by atoms with E-state index in [0.717, 1.165) is 48.3 Å². The van der Waals surface area contributed by atoms with Crippen LogP contribution in [-0.2, 0) is 0 Å². The summed E-state index contributed by atoms with van der Waals surface area (Å²) < 4.78 is 0. The van der Waals surface area contributed by atoms with Crippen molar-refractivity contribution in [1.82, 2.24) is 0 Å². The minimum Gasteiger partial charge on any atom is -0.393 e. The van der Waals surface area contributed by atoms with Crippen LogP contribution in [0.2, 0.25) is 0 Å². The van der Waals surface area contributed by atoms with Crippen LogP contribution in [0.5, 0.6) is 0 Å². The van der Waals surface area contributed by atoms with E-state index < -0.39 is 0 Å². The average molecular weight is 403 g/mol. The lowest BCUT2D eigenvalue weighted by atomic mass is 9.40. The largest absolute Gasteiger partial charge is 0.393 e. The van der Waals surface area contributed by atoms with E-state index in [4.69, 9.17) is 0 Å². The zero-order valence-corrected chi connectivity index (χ0v) is 20.5. The Hall–Kier alpha value is -0.0400. The van der Waals surface area contributed by atoms with Gasteiger partial charge in [-0.25, -0.2) is 0 Å². The molecular formula is C28H50O. The van der Waals surface area contributed by atoms with Crippen LogP contribution in [0.3, 0.4) is 0 Å². The molecule has 4 saturated carbocycles. The number of hydrogen-bond acceptors (Lipinski definition) is 1. The average Bonchev–Trinajstić information content (AvgIpc) is 2.93. The molecule has 0 heterocycles. The summed E-state index contributed by atoms with van der Waals surface area (Å²) in [5, 5.41) is 10.3. The molecule has 1 heteroatoms. The normalized spacial score (nSPS) is 50.7. The first-order valence-electron chi connectivity index (χ1n) is 13.3. The highest BCUT2D eigenvalue weighted by Gasteiger charge is 2.65. The quantitative estimate of drug-likeness (QED) is 0.496.